The highest BCUT2D eigenvalue weighted by Gasteiger charge is 2.27. The van der Waals surface area contributed by atoms with Crippen LogP contribution in [-0.4, -0.2) is 29.0 Å². The van der Waals surface area contributed by atoms with Gasteiger partial charge in [0.2, 0.25) is 11.9 Å². The molecule has 0 saturated carbocycles. The molecular weight excluding hydrogens is 432 g/mol. The Kier molecular flexibility index (Phi) is 5.96. The zero-order chi connectivity index (χ0) is 22.8. The van der Waals surface area contributed by atoms with Crippen molar-refractivity contribution >= 4 is 33.4 Å². The molecule has 1 aliphatic heterocycles. The van der Waals surface area contributed by atoms with Crippen LogP contribution in [0.1, 0.15) is 24.0 Å². The van der Waals surface area contributed by atoms with Crippen LogP contribution in [0.2, 0.25) is 0 Å². The van der Waals surface area contributed by atoms with Crippen molar-refractivity contribution in [1.29, 1.82) is 0 Å². The lowest BCUT2D eigenvalue weighted by molar-refractivity contribution is -0.125. The molecule has 1 fully saturated rings. The maximum atomic E-state index is 12.8. The Hall–Kier alpha value is -3.45. The second-order valence-corrected chi connectivity index (χ2v) is 9.45. The molecule has 0 unspecified atom stereocenters. The lowest BCUT2D eigenvalue weighted by Crippen LogP contribution is -2.44. The Morgan fingerprint density at radius 1 is 1.18 bits per heavy atom. The first kappa shape index (κ1) is 21.4. The quantitative estimate of drug-likeness (QED) is 0.462. The van der Waals surface area contributed by atoms with Crippen molar-refractivity contribution in [2.45, 2.75) is 26.3 Å². The number of amides is 1. The van der Waals surface area contributed by atoms with Gasteiger partial charge < -0.3 is 10.2 Å². The average Bonchev–Trinajstić information content (AvgIpc) is 3.28. The summed E-state index contributed by atoms with van der Waals surface area (Å²) in [7, 11) is 0. The number of carbonyl (C=O) groups is 1. The predicted octanol–water partition coefficient (Wildman–Crippen LogP) is 4.49. The van der Waals surface area contributed by atoms with Gasteiger partial charge in [-0.05, 0) is 30.9 Å². The number of rotatable bonds is 5. The van der Waals surface area contributed by atoms with Crippen LogP contribution in [0.25, 0.3) is 21.3 Å². The fourth-order valence-corrected chi connectivity index (χ4v) is 5.23. The Morgan fingerprint density at radius 3 is 2.76 bits per heavy atom. The summed E-state index contributed by atoms with van der Waals surface area (Å²) in [4.78, 5) is 35.5. The van der Waals surface area contributed by atoms with Gasteiger partial charge in [0.1, 0.15) is 4.70 Å². The van der Waals surface area contributed by atoms with Gasteiger partial charge in [-0.25, -0.2) is 4.98 Å². The van der Waals surface area contributed by atoms with E-state index in [-0.39, 0.29) is 17.4 Å². The molecule has 0 bridgehead atoms. The molecule has 7 heteroatoms. The second-order valence-electron chi connectivity index (χ2n) is 8.57. The van der Waals surface area contributed by atoms with Crippen molar-refractivity contribution in [2.75, 3.05) is 18.0 Å². The summed E-state index contributed by atoms with van der Waals surface area (Å²) < 4.78 is 0.628. The summed E-state index contributed by atoms with van der Waals surface area (Å²) in [5.74, 6) is 0.449. The van der Waals surface area contributed by atoms with Gasteiger partial charge in [0.15, 0.2) is 0 Å². The number of hydrogen-bond donors (Lipinski definition) is 2. The number of carbonyl (C=O) groups excluding carboxylic acids is 1. The summed E-state index contributed by atoms with van der Waals surface area (Å²) in [6.45, 7) is 3.88. The number of benzene rings is 2. The number of piperidine rings is 1. The van der Waals surface area contributed by atoms with E-state index in [1.807, 2.05) is 40.6 Å². The maximum Gasteiger partial charge on any atom is 0.270 e. The molecule has 6 nitrogen and oxygen atoms in total. The molecule has 168 valence electrons. The molecule has 1 saturated heterocycles. The van der Waals surface area contributed by atoms with E-state index in [1.54, 1.807) is 0 Å². The number of nitrogens with one attached hydrogen (secondary N) is 2. The van der Waals surface area contributed by atoms with Crippen LogP contribution in [0.4, 0.5) is 5.95 Å². The highest BCUT2D eigenvalue weighted by atomic mass is 32.1. The van der Waals surface area contributed by atoms with Crippen molar-refractivity contribution in [1.82, 2.24) is 15.3 Å². The number of fused-ring (bicyclic) bond motifs is 1. The van der Waals surface area contributed by atoms with Gasteiger partial charge in [-0.1, -0.05) is 60.2 Å². The van der Waals surface area contributed by atoms with Gasteiger partial charge in [0.25, 0.3) is 5.56 Å². The molecule has 5 rings (SSSR count). The number of nitrogens with zero attached hydrogens (tertiary/aromatic N) is 2. The first-order valence-electron chi connectivity index (χ1n) is 11.2. The van der Waals surface area contributed by atoms with Gasteiger partial charge in [0.05, 0.1) is 11.4 Å². The van der Waals surface area contributed by atoms with Crippen molar-refractivity contribution < 1.29 is 4.79 Å². The first-order valence-corrected chi connectivity index (χ1v) is 12.1. The second kappa shape index (κ2) is 9.19. The van der Waals surface area contributed by atoms with Crippen molar-refractivity contribution in [3.05, 3.63) is 81.5 Å². The smallest absolute Gasteiger partial charge is 0.270 e. The van der Waals surface area contributed by atoms with E-state index in [2.05, 4.69) is 41.5 Å². The highest BCUT2D eigenvalue weighted by molar-refractivity contribution is 7.17. The zero-order valence-electron chi connectivity index (χ0n) is 18.5. The molecule has 2 aromatic carbocycles. The van der Waals surface area contributed by atoms with Gasteiger partial charge >= 0.3 is 0 Å². The average molecular weight is 459 g/mol. The third kappa shape index (κ3) is 4.54. The molecule has 1 atom stereocenters. The third-order valence-corrected chi connectivity index (χ3v) is 7.15. The van der Waals surface area contributed by atoms with E-state index in [9.17, 15) is 9.59 Å². The standard InChI is InChI=1S/C26H26N4O2S/c1-17-9-11-19(12-10-17)21-16-33-23-22(21)28-26(29-25(23)32)30-13-5-8-20(15-30)24(31)27-14-18-6-3-2-4-7-18/h2-4,6-7,9-12,16,20H,5,8,13-15H2,1H3,(H,27,31)(H,28,29,32)/t20-/m0/s1. The zero-order valence-corrected chi connectivity index (χ0v) is 19.3. The molecule has 1 amide bonds. The molecule has 0 aliphatic carbocycles. The molecular formula is C26H26N4O2S. The van der Waals surface area contributed by atoms with E-state index < -0.39 is 0 Å². The SMILES string of the molecule is Cc1ccc(-c2csc3c(=O)[nH]c(N4CCC[C@H](C(=O)NCc5ccccc5)C4)nc23)cc1. The summed E-state index contributed by atoms with van der Waals surface area (Å²) in [6, 6.07) is 18.2. The van der Waals surface area contributed by atoms with Crippen molar-refractivity contribution in [2.24, 2.45) is 5.92 Å². The normalized spacial score (nSPS) is 16.2. The van der Waals surface area contributed by atoms with E-state index in [0.717, 1.165) is 41.6 Å². The third-order valence-electron chi connectivity index (χ3n) is 6.18. The molecule has 2 N–H and O–H groups in total. The highest BCUT2D eigenvalue weighted by Crippen LogP contribution is 2.32. The number of hydrogen-bond acceptors (Lipinski definition) is 5. The van der Waals surface area contributed by atoms with Crippen LogP contribution < -0.4 is 15.8 Å². The number of aromatic amines is 1. The summed E-state index contributed by atoms with van der Waals surface area (Å²) in [5, 5.41) is 5.05. The van der Waals surface area contributed by atoms with Gasteiger partial charge in [0, 0.05) is 30.6 Å². The van der Waals surface area contributed by atoms with Crippen LogP contribution >= 0.6 is 11.3 Å². The van der Waals surface area contributed by atoms with Crippen LogP contribution in [0.15, 0.2) is 64.8 Å². The lowest BCUT2D eigenvalue weighted by atomic mass is 9.97. The summed E-state index contributed by atoms with van der Waals surface area (Å²) >= 11 is 1.42. The van der Waals surface area contributed by atoms with E-state index in [1.165, 1.54) is 16.9 Å². The lowest BCUT2D eigenvalue weighted by Gasteiger charge is -2.32. The van der Waals surface area contributed by atoms with Crippen LogP contribution in [0, 0.1) is 12.8 Å². The minimum Gasteiger partial charge on any atom is -0.352 e. The summed E-state index contributed by atoms with van der Waals surface area (Å²) in [5.41, 5.74) is 4.88. The van der Waals surface area contributed by atoms with Gasteiger partial charge in [-0.3, -0.25) is 14.6 Å². The maximum absolute atomic E-state index is 12.8. The van der Waals surface area contributed by atoms with Crippen molar-refractivity contribution in [3.63, 3.8) is 0 Å². The largest absolute Gasteiger partial charge is 0.352 e. The van der Waals surface area contributed by atoms with Crippen LogP contribution in [0.5, 0.6) is 0 Å². The Morgan fingerprint density at radius 2 is 1.97 bits per heavy atom. The fourth-order valence-electron chi connectivity index (χ4n) is 4.32. The number of aryl methyl sites for hydroxylation is 1. The van der Waals surface area contributed by atoms with Gasteiger partial charge in [-0.15, -0.1) is 11.3 Å². The van der Waals surface area contributed by atoms with Gasteiger partial charge in [-0.2, -0.15) is 0 Å². The minimum absolute atomic E-state index is 0.0443. The number of aromatic nitrogens is 2. The van der Waals surface area contributed by atoms with Crippen LogP contribution in [-0.2, 0) is 11.3 Å². The summed E-state index contributed by atoms with van der Waals surface area (Å²) in [6.07, 6.45) is 1.70. The van der Waals surface area contributed by atoms with Crippen LogP contribution in [0.3, 0.4) is 0 Å². The molecule has 3 heterocycles. The van der Waals surface area contributed by atoms with E-state index >= 15 is 0 Å². The predicted molar refractivity (Wildman–Crippen MR) is 134 cm³/mol. The minimum atomic E-state index is -0.137. The molecule has 1 aliphatic rings. The molecule has 4 aromatic rings. The fraction of sp³-hybridized carbons (Fsp3) is 0.269. The van der Waals surface area contributed by atoms with Crippen molar-refractivity contribution in [3.8, 4) is 11.1 Å². The Labute approximate surface area is 196 Å². The van der Waals surface area contributed by atoms with E-state index in [0.29, 0.717) is 23.7 Å². The van der Waals surface area contributed by atoms with E-state index in [4.69, 9.17) is 4.98 Å². The number of H-pyrrole nitrogens is 1. The first-order chi connectivity index (χ1) is 16.1. The molecule has 33 heavy (non-hydrogen) atoms. The Balaban J connectivity index is 1.37. The number of thiophene rings is 1. The number of anilines is 1. The Bertz CT molecular complexity index is 1330. The molecule has 2 aromatic heterocycles. The molecule has 0 spiro atoms. The topological polar surface area (TPSA) is 78.1 Å². The molecule has 0 radical (unpaired) electrons. The monoisotopic (exact) mass is 458 g/mol.